The Labute approximate surface area is 93.8 Å². The van der Waals surface area contributed by atoms with Crippen LogP contribution in [0.1, 0.15) is 47.5 Å². The van der Waals surface area contributed by atoms with Crippen molar-refractivity contribution in [2.75, 3.05) is 13.7 Å². The summed E-state index contributed by atoms with van der Waals surface area (Å²) in [4.78, 5) is 21.6. The van der Waals surface area contributed by atoms with Crippen molar-refractivity contribution < 1.29 is 9.59 Å². The number of carbonyl (C=O) groups excluding carboxylic acids is 2. The largest absolute Gasteiger partial charge is 0.344 e. The summed E-state index contributed by atoms with van der Waals surface area (Å²) in [7, 11) is 1.77. The molecule has 0 aliphatic heterocycles. The molecular weight excluding hydrogens is 192 g/mol. The Bertz CT molecular complexity index is 170. The molecule has 0 aliphatic rings. The second-order valence-electron chi connectivity index (χ2n) is 3.04. The molecule has 15 heavy (non-hydrogen) atoms. The van der Waals surface area contributed by atoms with Gasteiger partial charge in [-0.1, -0.05) is 14.9 Å². The van der Waals surface area contributed by atoms with Crippen LogP contribution < -0.4 is 10.6 Å². The first-order valence-electron chi connectivity index (χ1n) is 4.57. The molecule has 4 nitrogen and oxygen atoms in total. The van der Waals surface area contributed by atoms with Gasteiger partial charge in [-0.15, -0.1) is 0 Å². The Kier molecular flexibility index (Phi) is 17.2. The lowest BCUT2D eigenvalue weighted by Crippen LogP contribution is -2.31. The number of nitrogens with one attached hydrogen (secondary N) is 2. The summed E-state index contributed by atoms with van der Waals surface area (Å²) >= 11 is 0. The van der Waals surface area contributed by atoms with Crippen molar-refractivity contribution in [3.05, 3.63) is 0 Å². The number of hydrogen-bond donors (Lipinski definition) is 2. The van der Waals surface area contributed by atoms with E-state index in [1.165, 1.54) is 0 Å². The van der Waals surface area contributed by atoms with Gasteiger partial charge in [0.15, 0.2) is 0 Å². The Morgan fingerprint density at radius 2 is 1.60 bits per heavy atom. The number of rotatable bonds is 7. The van der Waals surface area contributed by atoms with Crippen LogP contribution in [0.4, 0.5) is 0 Å². The summed E-state index contributed by atoms with van der Waals surface area (Å²) in [5.41, 5.74) is 0. The topological polar surface area (TPSA) is 58.2 Å². The summed E-state index contributed by atoms with van der Waals surface area (Å²) in [6.45, 7) is 2.08. The Hall–Kier alpha value is -0.900. The minimum atomic E-state index is 0. The van der Waals surface area contributed by atoms with Gasteiger partial charge in [-0.2, -0.15) is 0 Å². The third kappa shape index (κ3) is 15.8. The van der Waals surface area contributed by atoms with E-state index in [-0.39, 0.29) is 26.5 Å². The summed E-state index contributed by atoms with van der Waals surface area (Å²) in [5.74, 6) is 0.230. The molecule has 0 saturated heterocycles. The van der Waals surface area contributed by atoms with Gasteiger partial charge in [-0.3, -0.25) is 4.79 Å². The number of carbonyl (C=O) groups is 2. The van der Waals surface area contributed by atoms with Crippen molar-refractivity contribution in [1.82, 2.24) is 10.6 Å². The summed E-state index contributed by atoms with van der Waals surface area (Å²) in [6.07, 6.45) is 2.69. The monoisotopic (exact) mass is 218 g/mol. The lowest BCUT2D eigenvalue weighted by atomic mass is 10.1. The number of unbranched alkanes of at least 4 members (excludes halogenated alkanes) is 1. The first-order chi connectivity index (χ1) is 6.16. The molecule has 2 N–H and O–H groups in total. The van der Waals surface area contributed by atoms with E-state index in [0.29, 0.717) is 19.5 Å². The van der Waals surface area contributed by atoms with Crippen molar-refractivity contribution in [2.45, 2.75) is 47.5 Å². The molecule has 0 aliphatic carbocycles. The van der Waals surface area contributed by atoms with Gasteiger partial charge in [0.1, 0.15) is 5.78 Å². The maximum Gasteiger partial charge on any atom is 0.220 e. The molecule has 0 aromatic rings. The molecule has 0 saturated carbocycles. The van der Waals surface area contributed by atoms with E-state index in [2.05, 4.69) is 10.6 Å². The Morgan fingerprint density at radius 3 is 2.07 bits per heavy atom. The van der Waals surface area contributed by atoms with E-state index < -0.39 is 0 Å². The maximum absolute atomic E-state index is 11.0. The second-order valence-corrected chi connectivity index (χ2v) is 3.04. The molecule has 0 heterocycles. The van der Waals surface area contributed by atoms with Gasteiger partial charge in [-0.05, 0) is 26.8 Å². The van der Waals surface area contributed by atoms with Crippen molar-refractivity contribution >= 4 is 11.7 Å². The van der Waals surface area contributed by atoms with Crippen LogP contribution in [-0.2, 0) is 9.59 Å². The fraction of sp³-hybridized carbons (Fsp3) is 0.818. The van der Waals surface area contributed by atoms with Gasteiger partial charge in [-0.25, -0.2) is 0 Å². The standard InChI is InChI=1S/C9H18N2O2.2CH4/c1-8(12)5-3-4-6-9(13)11-7-10-2;;/h10H,3-7H2,1-2H3,(H,11,13);2*1H4. The quantitative estimate of drug-likeness (QED) is 0.505. The first kappa shape index (κ1) is 19.6. The van der Waals surface area contributed by atoms with Crippen LogP contribution >= 0.6 is 0 Å². The van der Waals surface area contributed by atoms with Crippen molar-refractivity contribution in [3.63, 3.8) is 0 Å². The van der Waals surface area contributed by atoms with Crippen molar-refractivity contribution in [3.8, 4) is 0 Å². The van der Waals surface area contributed by atoms with E-state index in [0.717, 1.165) is 12.8 Å². The average Bonchev–Trinajstić information content (AvgIpc) is 2.08. The fourth-order valence-corrected chi connectivity index (χ4v) is 0.935. The summed E-state index contributed by atoms with van der Waals surface area (Å²) in [6, 6.07) is 0. The SMILES string of the molecule is C.C.CNCNC(=O)CCCCC(C)=O. The van der Waals surface area contributed by atoms with Gasteiger partial charge in [0.05, 0.1) is 6.67 Å². The second kappa shape index (κ2) is 13.1. The smallest absolute Gasteiger partial charge is 0.220 e. The Balaban J connectivity index is -0.000000720. The van der Waals surface area contributed by atoms with Gasteiger partial charge < -0.3 is 15.4 Å². The highest BCUT2D eigenvalue weighted by Gasteiger charge is 1.99. The Morgan fingerprint density at radius 1 is 1.07 bits per heavy atom. The van der Waals surface area contributed by atoms with E-state index in [9.17, 15) is 9.59 Å². The molecule has 0 spiro atoms. The van der Waals surface area contributed by atoms with Crippen LogP contribution in [0, 0.1) is 0 Å². The molecule has 0 rings (SSSR count). The zero-order valence-corrected chi connectivity index (χ0v) is 8.35. The fourth-order valence-electron chi connectivity index (χ4n) is 0.935. The van der Waals surface area contributed by atoms with Crippen molar-refractivity contribution in [1.29, 1.82) is 0 Å². The minimum absolute atomic E-state index is 0. The van der Waals surface area contributed by atoms with E-state index in [1.54, 1.807) is 14.0 Å². The molecular formula is C11H26N2O2. The third-order valence-electron chi connectivity index (χ3n) is 1.65. The molecule has 0 aromatic heterocycles. The lowest BCUT2D eigenvalue weighted by molar-refractivity contribution is -0.121. The zero-order chi connectivity index (χ0) is 10.1. The van der Waals surface area contributed by atoms with Crippen LogP contribution in [0.3, 0.4) is 0 Å². The van der Waals surface area contributed by atoms with Gasteiger partial charge in [0, 0.05) is 12.8 Å². The molecule has 4 heteroatoms. The van der Waals surface area contributed by atoms with Crippen LogP contribution in [0.25, 0.3) is 0 Å². The molecule has 0 fully saturated rings. The van der Waals surface area contributed by atoms with Crippen LogP contribution in [0.5, 0.6) is 0 Å². The normalized spacial score (nSPS) is 8.40. The minimum Gasteiger partial charge on any atom is -0.344 e. The van der Waals surface area contributed by atoms with Crippen molar-refractivity contribution in [2.24, 2.45) is 0 Å². The molecule has 92 valence electrons. The van der Waals surface area contributed by atoms with E-state index in [1.807, 2.05) is 0 Å². The van der Waals surface area contributed by atoms with E-state index >= 15 is 0 Å². The average molecular weight is 218 g/mol. The molecule has 0 atom stereocenters. The molecule has 0 aromatic carbocycles. The molecule has 1 amide bonds. The van der Waals surface area contributed by atoms with Gasteiger partial charge >= 0.3 is 0 Å². The predicted molar refractivity (Wildman–Crippen MR) is 64.7 cm³/mol. The number of hydrogen-bond acceptors (Lipinski definition) is 3. The molecule has 0 radical (unpaired) electrons. The number of ketones is 1. The summed E-state index contributed by atoms with van der Waals surface area (Å²) in [5, 5.41) is 5.51. The van der Waals surface area contributed by atoms with E-state index in [4.69, 9.17) is 0 Å². The maximum atomic E-state index is 11.0. The molecule has 0 bridgehead atoms. The van der Waals surface area contributed by atoms with Crippen LogP contribution in [-0.4, -0.2) is 25.4 Å². The highest BCUT2D eigenvalue weighted by Crippen LogP contribution is 1.99. The number of amides is 1. The van der Waals surface area contributed by atoms with Gasteiger partial charge in [0.2, 0.25) is 5.91 Å². The highest BCUT2D eigenvalue weighted by atomic mass is 16.1. The van der Waals surface area contributed by atoms with Crippen LogP contribution in [0.15, 0.2) is 0 Å². The first-order valence-corrected chi connectivity index (χ1v) is 4.57. The van der Waals surface area contributed by atoms with Crippen LogP contribution in [0.2, 0.25) is 0 Å². The third-order valence-corrected chi connectivity index (χ3v) is 1.65. The highest BCUT2D eigenvalue weighted by molar-refractivity contribution is 5.76. The zero-order valence-electron chi connectivity index (χ0n) is 8.35. The summed E-state index contributed by atoms with van der Waals surface area (Å²) < 4.78 is 0. The number of Topliss-reactive ketones (excluding diaryl/α,β-unsaturated/α-hetero) is 1. The lowest BCUT2D eigenvalue weighted by Gasteiger charge is -2.02. The van der Waals surface area contributed by atoms with Gasteiger partial charge in [0.25, 0.3) is 0 Å². The predicted octanol–water partition coefficient (Wildman–Crippen LogP) is 1.70. The molecule has 0 unspecified atom stereocenters.